The van der Waals surface area contributed by atoms with E-state index in [0.717, 1.165) is 5.69 Å². The van der Waals surface area contributed by atoms with Crippen LogP contribution in [0.5, 0.6) is 0 Å². The van der Waals surface area contributed by atoms with Crippen LogP contribution >= 0.6 is 0 Å². The second-order valence-corrected chi connectivity index (χ2v) is 6.08. The molecule has 0 aliphatic rings. The van der Waals surface area contributed by atoms with E-state index in [0.29, 0.717) is 13.0 Å². The fraction of sp³-hybridized carbons (Fsp3) is 0.500. The minimum absolute atomic E-state index is 0.0225. The standard InChI is InChI=1S/C16H25N3O2/c1-12(15(21)18-13-8-6-5-7-9-13)17-11-10-14(20)19-16(2,3)4/h5-9,12,17H,10-11H2,1-4H3,(H,18,21)(H,19,20). The molecular weight excluding hydrogens is 266 g/mol. The Morgan fingerprint density at radius 3 is 2.33 bits per heavy atom. The van der Waals surface area contributed by atoms with Crippen LogP contribution < -0.4 is 16.0 Å². The summed E-state index contributed by atoms with van der Waals surface area (Å²) < 4.78 is 0. The maximum absolute atomic E-state index is 11.9. The van der Waals surface area contributed by atoms with Crippen LogP contribution in [0.4, 0.5) is 5.69 Å². The van der Waals surface area contributed by atoms with Crippen molar-refractivity contribution in [3.8, 4) is 0 Å². The molecule has 5 nitrogen and oxygen atoms in total. The van der Waals surface area contributed by atoms with E-state index in [1.165, 1.54) is 0 Å². The smallest absolute Gasteiger partial charge is 0.241 e. The van der Waals surface area contributed by atoms with Gasteiger partial charge in [-0.15, -0.1) is 0 Å². The number of anilines is 1. The number of carbonyl (C=O) groups is 2. The highest BCUT2D eigenvalue weighted by Crippen LogP contribution is 2.05. The SMILES string of the molecule is CC(NCCC(=O)NC(C)(C)C)C(=O)Nc1ccccc1. The molecule has 5 heteroatoms. The molecule has 1 atom stereocenters. The Hall–Kier alpha value is -1.88. The van der Waals surface area contributed by atoms with E-state index < -0.39 is 0 Å². The molecular formula is C16H25N3O2. The fourth-order valence-corrected chi connectivity index (χ4v) is 1.75. The number of rotatable bonds is 6. The highest BCUT2D eigenvalue weighted by Gasteiger charge is 2.15. The molecule has 0 radical (unpaired) electrons. The van der Waals surface area contributed by atoms with Crippen molar-refractivity contribution in [2.24, 2.45) is 0 Å². The number of carbonyl (C=O) groups excluding carboxylic acids is 2. The van der Waals surface area contributed by atoms with Crippen molar-refractivity contribution in [1.82, 2.24) is 10.6 Å². The minimum atomic E-state index is -0.354. The summed E-state index contributed by atoms with van der Waals surface area (Å²) in [6.45, 7) is 8.06. The Morgan fingerprint density at radius 1 is 1.14 bits per heavy atom. The minimum Gasteiger partial charge on any atom is -0.351 e. The number of hydrogen-bond acceptors (Lipinski definition) is 3. The summed E-state index contributed by atoms with van der Waals surface area (Å²) in [6, 6.07) is 8.94. The summed E-state index contributed by atoms with van der Waals surface area (Å²) in [7, 11) is 0. The topological polar surface area (TPSA) is 70.2 Å². The third-order valence-corrected chi connectivity index (χ3v) is 2.75. The number of amides is 2. The molecule has 0 aromatic heterocycles. The zero-order valence-electron chi connectivity index (χ0n) is 13.2. The van der Waals surface area contributed by atoms with Crippen molar-refractivity contribution in [2.45, 2.75) is 45.7 Å². The molecule has 1 aromatic carbocycles. The van der Waals surface area contributed by atoms with E-state index in [1.807, 2.05) is 51.1 Å². The molecule has 3 N–H and O–H groups in total. The van der Waals surface area contributed by atoms with Gasteiger partial charge in [0.05, 0.1) is 6.04 Å². The molecule has 0 aliphatic carbocycles. The Kier molecular flexibility index (Phi) is 6.37. The molecule has 0 fully saturated rings. The van der Waals surface area contributed by atoms with Crippen LogP contribution in [0.1, 0.15) is 34.1 Å². The average Bonchev–Trinajstić information content (AvgIpc) is 2.37. The lowest BCUT2D eigenvalue weighted by atomic mass is 10.1. The summed E-state index contributed by atoms with van der Waals surface area (Å²) in [6.07, 6.45) is 0.347. The summed E-state index contributed by atoms with van der Waals surface area (Å²) in [5.74, 6) is -0.136. The van der Waals surface area contributed by atoms with E-state index in [-0.39, 0.29) is 23.4 Å². The number of hydrogen-bond donors (Lipinski definition) is 3. The van der Waals surface area contributed by atoms with Crippen LogP contribution in [-0.2, 0) is 9.59 Å². The van der Waals surface area contributed by atoms with Crippen molar-refractivity contribution in [2.75, 3.05) is 11.9 Å². The second kappa shape index (κ2) is 7.78. The zero-order valence-corrected chi connectivity index (χ0v) is 13.2. The highest BCUT2D eigenvalue weighted by atomic mass is 16.2. The van der Waals surface area contributed by atoms with Gasteiger partial charge in [0.1, 0.15) is 0 Å². The summed E-state index contributed by atoms with van der Waals surface area (Å²) in [5.41, 5.74) is 0.537. The maximum Gasteiger partial charge on any atom is 0.241 e. The van der Waals surface area contributed by atoms with Gasteiger partial charge in [-0.1, -0.05) is 18.2 Å². The van der Waals surface area contributed by atoms with Gasteiger partial charge in [0.25, 0.3) is 0 Å². The molecule has 116 valence electrons. The Bertz CT molecular complexity index is 466. The fourth-order valence-electron chi connectivity index (χ4n) is 1.75. The number of nitrogens with one attached hydrogen (secondary N) is 3. The quantitative estimate of drug-likeness (QED) is 0.750. The van der Waals surface area contributed by atoms with Crippen molar-refractivity contribution in [3.05, 3.63) is 30.3 Å². The Labute approximate surface area is 126 Å². The van der Waals surface area contributed by atoms with Gasteiger partial charge in [-0.25, -0.2) is 0 Å². The van der Waals surface area contributed by atoms with Gasteiger partial charge < -0.3 is 16.0 Å². The first-order valence-electron chi connectivity index (χ1n) is 7.18. The largest absolute Gasteiger partial charge is 0.351 e. The van der Waals surface area contributed by atoms with E-state index in [4.69, 9.17) is 0 Å². The van der Waals surface area contributed by atoms with E-state index >= 15 is 0 Å². The van der Waals surface area contributed by atoms with E-state index in [9.17, 15) is 9.59 Å². The lowest BCUT2D eigenvalue weighted by Crippen LogP contribution is -2.43. The van der Waals surface area contributed by atoms with Gasteiger partial charge in [-0.3, -0.25) is 9.59 Å². The van der Waals surface area contributed by atoms with Crippen molar-refractivity contribution < 1.29 is 9.59 Å². The van der Waals surface area contributed by atoms with Crippen LogP contribution in [0.3, 0.4) is 0 Å². The van der Waals surface area contributed by atoms with Crippen molar-refractivity contribution in [3.63, 3.8) is 0 Å². The average molecular weight is 291 g/mol. The first kappa shape index (κ1) is 17.2. The van der Waals surface area contributed by atoms with Gasteiger partial charge in [0.2, 0.25) is 11.8 Å². The summed E-state index contributed by atoms with van der Waals surface area (Å²) in [4.78, 5) is 23.6. The van der Waals surface area contributed by atoms with Gasteiger partial charge >= 0.3 is 0 Å². The molecule has 0 saturated carbocycles. The monoisotopic (exact) mass is 291 g/mol. The zero-order chi connectivity index (χ0) is 15.9. The maximum atomic E-state index is 11.9. The van der Waals surface area contributed by atoms with Gasteiger partial charge in [-0.2, -0.15) is 0 Å². The number of para-hydroxylation sites is 1. The summed E-state index contributed by atoms with van der Waals surface area (Å²) >= 11 is 0. The van der Waals surface area contributed by atoms with E-state index in [1.54, 1.807) is 6.92 Å². The van der Waals surface area contributed by atoms with Crippen LogP contribution in [0.15, 0.2) is 30.3 Å². The highest BCUT2D eigenvalue weighted by molar-refractivity contribution is 5.94. The normalized spacial score (nSPS) is 12.6. The lowest BCUT2D eigenvalue weighted by molar-refractivity contribution is -0.123. The Balaban J connectivity index is 2.29. The molecule has 0 saturated heterocycles. The van der Waals surface area contributed by atoms with Crippen LogP contribution in [-0.4, -0.2) is 29.9 Å². The van der Waals surface area contributed by atoms with Crippen molar-refractivity contribution in [1.29, 1.82) is 0 Å². The molecule has 21 heavy (non-hydrogen) atoms. The van der Waals surface area contributed by atoms with Gasteiger partial charge in [0, 0.05) is 24.2 Å². The van der Waals surface area contributed by atoms with Crippen molar-refractivity contribution >= 4 is 17.5 Å². The first-order chi connectivity index (χ1) is 9.78. The first-order valence-corrected chi connectivity index (χ1v) is 7.18. The lowest BCUT2D eigenvalue weighted by Gasteiger charge is -2.21. The van der Waals surface area contributed by atoms with E-state index in [2.05, 4.69) is 16.0 Å². The third-order valence-electron chi connectivity index (χ3n) is 2.75. The predicted octanol–water partition coefficient (Wildman–Crippen LogP) is 1.91. The third kappa shape index (κ3) is 7.46. The molecule has 1 aromatic rings. The molecule has 2 amide bonds. The van der Waals surface area contributed by atoms with Gasteiger partial charge in [-0.05, 0) is 39.8 Å². The second-order valence-electron chi connectivity index (χ2n) is 6.08. The molecule has 1 rings (SSSR count). The molecule has 0 bridgehead atoms. The summed E-state index contributed by atoms with van der Waals surface area (Å²) in [5, 5.41) is 8.74. The van der Waals surface area contributed by atoms with Crippen LogP contribution in [0, 0.1) is 0 Å². The van der Waals surface area contributed by atoms with Crippen LogP contribution in [0.2, 0.25) is 0 Å². The molecule has 0 spiro atoms. The van der Waals surface area contributed by atoms with Gasteiger partial charge in [0.15, 0.2) is 0 Å². The predicted molar refractivity (Wildman–Crippen MR) is 85.0 cm³/mol. The van der Waals surface area contributed by atoms with Crippen LogP contribution in [0.25, 0.3) is 0 Å². The molecule has 1 unspecified atom stereocenters. The Morgan fingerprint density at radius 2 is 1.76 bits per heavy atom. The molecule has 0 aliphatic heterocycles. The number of benzene rings is 1. The molecule has 0 heterocycles.